The van der Waals surface area contributed by atoms with Crippen LogP contribution in [0.15, 0.2) is 66.0 Å². The first-order chi connectivity index (χ1) is 13.7. The lowest BCUT2D eigenvalue weighted by atomic mass is 10.1. The van der Waals surface area contributed by atoms with Crippen LogP contribution in [-0.4, -0.2) is 39.1 Å². The molecule has 0 fully saturated rings. The number of aryl methyl sites for hydroxylation is 3. The van der Waals surface area contributed by atoms with Crippen LogP contribution in [-0.2, 0) is 33.1 Å². The van der Waals surface area contributed by atoms with E-state index in [2.05, 4.69) is 98.3 Å². The van der Waals surface area contributed by atoms with Crippen molar-refractivity contribution in [2.24, 2.45) is 12.0 Å². The summed E-state index contributed by atoms with van der Waals surface area (Å²) in [5, 5.41) is 3.44. The van der Waals surface area contributed by atoms with E-state index in [1.807, 2.05) is 13.2 Å². The average Bonchev–Trinajstić information content (AvgIpc) is 3.32. The minimum atomic E-state index is 0.655. The Balaban J connectivity index is 1.51. The monoisotopic (exact) mass is 378 g/mol. The molecule has 28 heavy (non-hydrogen) atoms. The molecule has 0 aliphatic carbocycles. The minimum absolute atomic E-state index is 0.655. The van der Waals surface area contributed by atoms with Gasteiger partial charge in [0.05, 0.1) is 13.1 Å². The first kappa shape index (κ1) is 19.7. The summed E-state index contributed by atoms with van der Waals surface area (Å²) in [5.41, 5.74) is 2.62. The van der Waals surface area contributed by atoms with Crippen LogP contribution in [0.2, 0.25) is 0 Å². The molecule has 148 valence electrons. The Labute approximate surface area is 167 Å². The maximum Gasteiger partial charge on any atom is 0.194 e. The van der Waals surface area contributed by atoms with Crippen molar-refractivity contribution in [1.29, 1.82) is 0 Å². The van der Waals surface area contributed by atoms with Gasteiger partial charge in [0.25, 0.3) is 0 Å². The van der Waals surface area contributed by atoms with E-state index in [1.165, 1.54) is 11.3 Å². The fourth-order valence-corrected chi connectivity index (χ4v) is 3.33. The quantitative estimate of drug-likeness (QED) is 0.484. The molecular formula is C22H30N6. The van der Waals surface area contributed by atoms with Gasteiger partial charge in [0, 0.05) is 52.0 Å². The van der Waals surface area contributed by atoms with Gasteiger partial charge in [-0.3, -0.25) is 4.99 Å². The van der Waals surface area contributed by atoms with E-state index in [-0.39, 0.29) is 0 Å². The summed E-state index contributed by atoms with van der Waals surface area (Å²) in [6.45, 7) is 2.42. The lowest BCUT2D eigenvalue weighted by Crippen LogP contribution is -2.38. The Kier molecular flexibility index (Phi) is 6.89. The second-order valence-corrected chi connectivity index (χ2v) is 6.99. The topological polar surface area (TPSA) is 50.4 Å². The van der Waals surface area contributed by atoms with Gasteiger partial charge in [-0.15, -0.1) is 0 Å². The van der Waals surface area contributed by atoms with Gasteiger partial charge < -0.3 is 19.4 Å². The maximum atomic E-state index is 4.52. The number of imidazole rings is 1. The fraction of sp³-hybridized carbons (Fsp3) is 0.364. The van der Waals surface area contributed by atoms with E-state index in [9.17, 15) is 0 Å². The molecule has 0 radical (unpaired) electrons. The third-order valence-electron chi connectivity index (χ3n) is 4.94. The summed E-state index contributed by atoms with van der Waals surface area (Å²) in [5.74, 6) is 1.89. The van der Waals surface area contributed by atoms with Crippen molar-refractivity contribution in [3.05, 3.63) is 78.1 Å². The number of guanidine groups is 1. The van der Waals surface area contributed by atoms with Gasteiger partial charge in [-0.2, -0.15) is 0 Å². The van der Waals surface area contributed by atoms with E-state index in [0.717, 1.165) is 37.7 Å². The maximum absolute atomic E-state index is 4.52. The molecule has 2 aromatic heterocycles. The van der Waals surface area contributed by atoms with Crippen LogP contribution < -0.4 is 5.32 Å². The molecular weight excluding hydrogens is 348 g/mol. The molecule has 2 heterocycles. The van der Waals surface area contributed by atoms with E-state index in [0.29, 0.717) is 6.54 Å². The fourth-order valence-electron chi connectivity index (χ4n) is 3.33. The molecule has 6 heteroatoms. The lowest BCUT2D eigenvalue weighted by molar-refractivity contribution is 0.459. The van der Waals surface area contributed by atoms with Crippen molar-refractivity contribution in [3.63, 3.8) is 0 Å². The van der Waals surface area contributed by atoms with Gasteiger partial charge in [0.2, 0.25) is 0 Å². The van der Waals surface area contributed by atoms with Gasteiger partial charge in [-0.1, -0.05) is 30.3 Å². The molecule has 0 saturated carbocycles. The summed E-state index contributed by atoms with van der Waals surface area (Å²) < 4.78 is 4.35. The van der Waals surface area contributed by atoms with Crippen molar-refractivity contribution in [2.75, 3.05) is 14.1 Å². The van der Waals surface area contributed by atoms with Crippen LogP contribution in [0.3, 0.4) is 0 Å². The van der Waals surface area contributed by atoms with Gasteiger partial charge in [0.15, 0.2) is 5.96 Å². The van der Waals surface area contributed by atoms with Gasteiger partial charge in [0.1, 0.15) is 5.82 Å². The molecule has 3 rings (SSSR count). The summed E-state index contributed by atoms with van der Waals surface area (Å²) in [7, 11) is 5.93. The van der Waals surface area contributed by atoms with Crippen molar-refractivity contribution in [1.82, 2.24) is 24.3 Å². The first-order valence-corrected chi connectivity index (χ1v) is 9.73. The lowest BCUT2D eigenvalue weighted by Gasteiger charge is -2.22. The molecule has 1 N–H and O–H groups in total. The SMILES string of the molecule is CN=C(NCc1nccn1CCCc1ccccc1)N(C)Cc1cccn1C. The standard InChI is InChI=1S/C22H30N6/c1-23-22(27(3)18-20-12-8-14-26(20)2)25-17-21-24-13-16-28(21)15-7-11-19-9-5-4-6-10-19/h4-6,8-10,12-14,16H,7,11,15,17-18H2,1-3H3,(H,23,25). The highest BCUT2D eigenvalue weighted by atomic mass is 15.3. The number of rotatable bonds is 8. The number of aliphatic imine (C=N–C) groups is 1. The highest BCUT2D eigenvalue weighted by Crippen LogP contribution is 2.07. The van der Waals surface area contributed by atoms with Crippen molar-refractivity contribution >= 4 is 5.96 Å². The van der Waals surface area contributed by atoms with Crippen molar-refractivity contribution in [3.8, 4) is 0 Å². The molecule has 0 unspecified atom stereocenters. The van der Waals surface area contributed by atoms with Gasteiger partial charge in [-0.05, 0) is 30.5 Å². The van der Waals surface area contributed by atoms with Gasteiger partial charge >= 0.3 is 0 Å². The Bertz CT molecular complexity index is 877. The molecule has 0 amide bonds. The molecule has 3 aromatic rings. The van der Waals surface area contributed by atoms with Crippen LogP contribution in [0.4, 0.5) is 0 Å². The Morgan fingerprint density at radius 2 is 1.96 bits per heavy atom. The number of nitrogens with one attached hydrogen (secondary N) is 1. The van der Waals surface area contributed by atoms with Crippen LogP contribution in [0.25, 0.3) is 0 Å². The predicted molar refractivity (Wildman–Crippen MR) is 114 cm³/mol. The molecule has 1 aromatic carbocycles. The van der Waals surface area contributed by atoms with E-state index < -0.39 is 0 Å². The molecule has 0 bridgehead atoms. The Hall–Kier alpha value is -3.02. The number of nitrogens with zero attached hydrogens (tertiary/aromatic N) is 5. The molecule has 0 aliphatic rings. The zero-order valence-electron chi connectivity index (χ0n) is 17.0. The third-order valence-corrected chi connectivity index (χ3v) is 4.94. The molecule has 0 saturated heterocycles. The van der Waals surface area contributed by atoms with Crippen molar-refractivity contribution in [2.45, 2.75) is 32.5 Å². The van der Waals surface area contributed by atoms with Crippen molar-refractivity contribution < 1.29 is 0 Å². The second-order valence-electron chi connectivity index (χ2n) is 6.99. The Morgan fingerprint density at radius 3 is 2.68 bits per heavy atom. The molecule has 0 aliphatic heterocycles. The first-order valence-electron chi connectivity index (χ1n) is 9.73. The summed E-state index contributed by atoms with van der Waals surface area (Å²) in [6.07, 6.45) is 8.16. The zero-order valence-corrected chi connectivity index (χ0v) is 17.0. The van der Waals surface area contributed by atoms with Crippen LogP contribution in [0, 0.1) is 0 Å². The van der Waals surface area contributed by atoms with Crippen LogP contribution in [0.5, 0.6) is 0 Å². The summed E-state index contributed by atoms with van der Waals surface area (Å²) in [4.78, 5) is 11.1. The number of hydrogen-bond donors (Lipinski definition) is 1. The predicted octanol–water partition coefficient (Wildman–Crippen LogP) is 3.06. The summed E-state index contributed by atoms with van der Waals surface area (Å²) >= 11 is 0. The molecule has 6 nitrogen and oxygen atoms in total. The van der Waals surface area contributed by atoms with Crippen LogP contribution >= 0.6 is 0 Å². The minimum Gasteiger partial charge on any atom is -0.353 e. The summed E-state index contributed by atoms with van der Waals surface area (Å²) in [6, 6.07) is 14.8. The largest absolute Gasteiger partial charge is 0.353 e. The number of benzene rings is 1. The van der Waals surface area contributed by atoms with E-state index in [1.54, 1.807) is 0 Å². The highest BCUT2D eigenvalue weighted by molar-refractivity contribution is 5.79. The molecule has 0 spiro atoms. The van der Waals surface area contributed by atoms with E-state index >= 15 is 0 Å². The van der Waals surface area contributed by atoms with Gasteiger partial charge in [-0.25, -0.2) is 4.98 Å². The number of hydrogen-bond acceptors (Lipinski definition) is 2. The third kappa shape index (κ3) is 5.25. The van der Waals surface area contributed by atoms with Crippen LogP contribution in [0.1, 0.15) is 23.5 Å². The number of aromatic nitrogens is 3. The highest BCUT2D eigenvalue weighted by Gasteiger charge is 2.10. The molecule has 0 atom stereocenters. The average molecular weight is 379 g/mol. The zero-order chi connectivity index (χ0) is 19.8. The smallest absolute Gasteiger partial charge is 0.194 e. The van der Waals surface area contributed by atoms with E-state index in [4.69, 9.17) is 0 Å². The Morgan fingerprint density at radius 1 is 1.14 bits per heavy atom. The second kappa shape index (κ2) is 9.78. The normalized spacial score (nSPS) is 11.6.